The smallest absolute Gasteiger partial charge is 0.151 e. The fourth-order valence-electron chi connectivity index (χ4n) is 2.22. The fraction of sp³-hybridized carbons (Fsp3) is 0.462. The van der Waals surface area contributed by atoms with E-state index in [1.807, 2.05) is 18.2 Å². The van der Waals surface area contributed by atoms with Crippen LogP contribution in [0.5, 0.6) is 0 Å². The normalized spacial score (nSPS) is 23.4. The van der Waals surface area contributed by atoms with Crippen LogP contribution in [0, 0.1) is 0 Å². The highest BCUT2D eigenvalue weighted by molar-refractivity contribution is 9.10. The minimum Gasteiger partial charge on any atom is -0.377 e. The van der Waals surface area contributed by atoms with Crippen LogP contribution in [0.2, 0.25) is 0 Å². The summed E-state index contributed by atoms with van der Waals surface area (Å²) in [4.78, 5) is 13.0. The van der Waals surface area contributed by atoms with Crippen LogP contribution in [0.3, 0.4) is 0 Å². The third-order valence-electron chi connectivity index (χ3n) is 3.30. The van der Waals surface area contributed by atoms with Crippen molar-refractivity contribution in [2.75, 3.05) is 32.2 Å². The fourth-order valence-corrected chi connectivity index (χ4v) is 2.68. The average Bonchev–Trinajstić information content (AvgIpc) is 2.81. The van der Waals surface area contributed by atoms with E-state index in [-0.39, 0.29) is 12.2 Å². The molecule has 0 amide bonds. The molecule has 4 nitrogen and oxygen atoms in total. The number of halogens is 1. The van der Waals surface area contributed by atoms with Gasteiger partial charge in [-0.2, -0.15) is 0 Å². The Morgan fingerprint density at radius 1 is 1.28 bits per heavy atom. The number of carbonyl (C=O) groups is 1. The minimum atomic E-state index is 0.0829. The quantitative estimate of drug-likeness (QED) is 0.798. The van der Waals surface area contributed by atoms with Crippen LogP contribution in [-0.2, 0) is 9.47 Å². The minimum absolute atomic E-state index is 0.0829. The Kier molecular flexibility index (Phi) is 4.37. The predicted octanol–water partition coefficient (Wildman–Crippen LogP) is 2.11. The van der Waals surface area contributed by atoms with E-state index in [2.05, 4.69) is 20.8 Å². The van der Waals surface area contributed by atoms with Gasteiger partial charge in [-0.25, -0.2) is 0 Å². The Hall–Kier alpha value is -0.910. The molecule has 0 aliphatic carbocycles. The van der Waals surface area contributed by atoms with Crippen molar-refractivity contribution < 1.29 is 14.3 Å². The predicted molar refractivity (Wildman–Crippen MR) is 73.3 cm³/mol. The van der Waals surface area contributed by atoms with Gasteiger partial charge in [-0.3, -0.25) is 4.79 Å². The van der Waals surface area contributed by atoms with Crippen molar-refractivity contribution in [3.8, 4) is 0 Å². The lowest BCUT2D eigenvalue weighted by Gasteiger charge is -2.18. The maximum absolute atomic E-state index is 10.8. The number of anilines is 1. The second-order valence-electron chi connectivity index (χ2n) is 4.28. The molecule has 0 saturated carbocycles. The zero-order valence-corrected chi connectivity index (χ0v) is 12.0. The van der Waals surface area contributed by atoms with Gasteiger partial charge in [-0.15, -0.1) is 0 Å². The van der Waals surface area contributed by atoms with Crippen molar-refractivity contribution in [2.45, 2.75) is 12.2 Å². The summed E-state index contributed by atoms with van der Waals surface area (Å²) in [6.07, 6.45) is 1.01. The van der Waals surface area contributed by atoms with Crippen molar-refractivity contribution in [1.82, 2.24) is 0 Å². The maximum atomic E-state index is 10.8. The standard InChI is InChI=1S/C13H16BrNO3/c1-17-12-6-15(7-13(12)18-2)10-4-3-9(8-16)11(14)5-10/h3-5,8,12-13H,6-7H2,1-2H3. The lowest BCUT2D eigenvalue weighted by atomic mass is 10.2. The first-order chi connectivity index (χ1) is 8.69. The van der Waals surface area contributed by atoms with Crippen LogP contribution < -0.4 is 4.90 Å². The third kappa shape index (κ3) is 2.58. The highest BCUT2D eigenvalue weighted by Crippen LogP contribution is 2.27. The molecule has 1 fully saturated rings. The second-order valence-corrected chi connectivity index (χ2v) is 5.13. The number of hydrogen-bond acceptors (Lipinski definition) is 4. The summed E-state index contributed by atoms with van der Waals surface area (Å²) >= 11 is 3.40. The average molecular weight is 314 g/mol. The molecule has 1 aromatic carbocycles. The molecule has 5 heteroatoms. The number of rotatable bonds is 4. The summed E-state index contributed by atoms with van der Waals surface area (Å²) in [5.41, 5.74) is 1.72. The Bertz CT molecular complexity index is 426. The van der Waals surface area contributed by atoms with Crippen LogP contribution in [0.4, 0.5) is 5.69 Å². The number of ether oxygens (including phenoxy) is 2. The molecule has 1 aromatic rings. The molecule has 1 aliphatic heterocycles. The molecule has 1 aliphatic rings. The summed E-state index contributed by atoms with van der Waals surface area (Å²) in [5.74, 6) is 0. The lowest BCUT2D eigenvalue weighted by molar-refractivity contribution is -0.00461. The van der Waals surface area contributed by atoms with Crippen LogP contribution in [0.15, 0.2) is 22.7 Å². The van der Waals surface area contributed by atoms with E-state index < -0.39 is 0 Å². The van der Waals surface area contributed by atoms with Gasteiger partial charge in [0.2, 0.25) is 0 Å². The van der Waals surface area contributed by atoms with E-state index in [9.17, 15) is 4.79 Å². The molecule has 18 heavy (non-hydrogen) atoms. The molecule has 0 bridgehead atoms. The van der Waals surface area contributed by atoms with Gasteiger partial charge >= 0.3 is 0 Å². The van der Waals surface area contributed by atoms with Gasteiger partial charge in [0, 0.05) is 43.0 Å². The van der Waals surface area contributed by atoms with E-state index in [1.54, 1.807) is 14.2 Å². The topological polar surface area (TPSA) is 38.8 Å². The number of benzene rings is 1. The molecule has 1 saturated heterocycles. The van der Waals surface area contributed by atoms with E-state index in [1.165, 1.54) is 0 Å². The Balaban J connectivity index is 2.18. The van der Waals surface area contributed by atoms with E-state index in [0.717, 1.165) is 29.5 Å². The van der Waals surface area contributed by atoms with Crippen molar-refractivity contribution in [2.24, 2.45) is 0 Å². The molecule has 0 N–H and O–H groups in total. The first kappa shape index (κ1) is 13.5. The molecule has 1 heterocycles. The number of carbonyl (C=O) groups excluding carboxylic acids is 1. The van der Waals surface area contributed by atoms with E-state index in [0.29, 0.717) is 5.56 Å². The number of methoxy groups -OCH3 is 2. The highest BCUT2D eigenvalue weighted by Gasteiger charge is 2.33. The van der Waals surface area contributed by atoms with Gasteiger partial charge in [0.1, 0.15) is 12.2 Å². The molecular formula is C13H16BrNO3. The zero-order valence-electron chi connectivity index (χ0n) is 10.4. The summed E-state index contributed by atoms with van der Waals surface area (Å²) in [7, 11) is 3.40. The van der Waals surface area contributed by atoms with E-state index >= 15 is 0 Å². The second kappa shape index (κ2) is 5.82. The third-order valence-corrected chi connectivity index (χ3v) is 3.98. The van der Waals surface area contributed by atoms with Crippen molar-refractivity contribution in [3.05, 3.63) is 28.2 Å². The molecular weight excluding hydrogens is 298 g/mol. The summed E-state index contributed by atoms with van der Waals surface area (Å²) in [6, 6.07) is 5.71. The van der Waals surface area contributed by atoms with Crippen molar-refractivity contribution >= 4 is 27.9 Å². The lowest BCUT2D eigenvalue weighted by Crippen LogP contribution is -2.27. The Morgan fingerprint density at radius 3 is 2.33 bits per heavy atom. The summed E-state index contributed by atoms with van der Waals surface area (Å²) < 4.78 is 11.6. The van der Waals surface area contributed by atoms with Gasteiger partial charge in [0.25, 0.3) is 0 Å². The van der Waals surface area contributed by atoms with Crippen LogP contribution >= 0.6 is 15.9 Å². The summed E-state index contributed by atoms with van der Waals surface area (Å²) in [6.45, 7) is 1.59. The largest absolute Gasteiger partial charge is 0.377 e. The molecule has 0 aromatic heterocycles. The number of nitrogens with zero attached hydrogens (tertiary/aromatic N) is 1. The van der Waals surface area contributed by atoms with Gasteiger partial charge in [0.05, 0.1) is 0 Å². The number of aldehydes is 1. The molecule has 98 valence electrons. The molecule has 2 unspecified atom stereocenters. The molecule has 0 radical (unpaired) electrons. The van der Waals surface area contributed by atoms with Gasteiger partial charge in [-0.05, 0) is 34.1 Å². The summed E-state index contributed by atoms with van der Waals surface area (Å²) in [5, 5.41) is 0. The van der Waals surface area contributed by atoms with Crippen molar-refractivity contribution in [3.63, 3.8) is 0 Å². The van der Waals surface area contributed by atoms with E-state index in [4.69, 9.17) is 9.47 Å². The van der Waals surface area contributed by atoms with Crippen LogP contribution in [0.1, 0.15) is 10.4 Å². The molecule has 2 atom stereocenters. The zero-order chi connectivity index (χ0) is 13.1. The molecule has 2 rings (SSSR count). The SMILES string of the molecule is COC1CN(c2ccc(C=O)c(Br)c2)CC1OC. The first-order valence-electron chi connectivity index (χ1n) is 5.75. The van der Waals surface area contributed by atoms with Gasteiger partial charge < -0.3 is 14.4 Å². The van der Waals surface area contributed by atoms with Gasteiger partial charge in [-0.1, -0.05) is 0 Å². The maximum Gasteiger partial charge on any atom is 0.151 e. The van der Waals surface area contributed by atoms with Crippen molar-refractivity contribution in [1.29, 1.82) is 0 Å². The number of hydrogen-bond donors (Lipinski definition) is 0. The molecule has 0 spiro atoms. The van der Waals surface area contributed by atoms with Gasteiger partial charge in [0.15, 0.2) is 6.29 Å². The first-order valence-corrected chi connectivity index (χ1v) is 6.54. The Labute approximate surface area is 115 Å². The van der Waals surface area contributed by atoms with Crippen LogP contribution in [0.25, 0.3) is 0 Å². The highest BCUT2D eigenvalue weighted by atomic mass is 79.9. The van der Waals surface area contributed by atoms with Crippen LogP contribution in [-0.4, -0.2) is 45.8 Å². The monoisotopic (exact) mass is 313 g/mol. The Morgan fingerprint density at radius 2 is 1.89 bits per heavy atom.